The number of pyridine rings is 1. The lowest BCUT2D eigenvalue weighted by atomic mass is 9.79. The van der Waals surface area contributed by atoms with Gasteiger partial charge in [-0.15, -0.1) is 0 Å². The van der Waals surface area contributed by atoms with Crippen LogP contribution in [0, 0.1) is 0 Å². The maximum atomic E-state index is 12.9. The maximum Gasteiger partial charge on any atom is 0.316 e. The number of esters is 1. The molecular formula is C20H19ClN2O2. The van der Waals surface area contributed by atoms with Crippen molar-refractivity contribution in [3.63, 3.8) is 0 Å². The number of carbonyl (C=O) groups is 1. The van der Waals surface area contributed by atoms with Crippen LogP contribution in [0.15, 0.2) is 54.9 Å². The Hall–Kier alpha value is -2.33. The van der Waals surface area contributed by atoms with Crippen molar-refractivity contribution >= 4 is 23.2 Å². The lowest BCUT2D eigenvalue weighted by molar-refractivity contribution is -0.152. The molecule has 0 bridgehead atoms. The number of benzene rings is 1. The highest BCUT2D eigenvalue weighted by atomic mass is 35.5. The average Bonchev–Trinajstić information content (AvgIpc) is 3.27. The molecule has 0 radical (unpaired) electrons. The number of hydrogen-bond donors (Lipinski definition) is 0. The molecule has 0 N–H and O–H groups in total. The highest BCUT2D eigenvalue weighted by Crippen LogP contribution is 2.42. The first-order chi connectivity index (χ1) is 12.2. The molecule has 2 heterocycles. The first-order valence-electron chi connectivity index (χ1n) is 8.53. The lowest BCUT2D eigenvalue weighted by Gasteiger charge is -2.27. The van der Waals surface area contributed by atoms with E-state index in [0.29, 0.717) is 5.02 Å². The molecule has 4 rings (SSSR count). The zero-order valence-corrected chi connectivity index (χ0v) is 14.6. The number of halogens is 1. The van der Waals surface area contributed by atoms with Gasteiger partial charge in [0.15, 0.2) is 0 Å². The number of carbonyl (C=O) groups excluding carboxylic acids is 1. The molecule has 1 fully saturated rings. The monoisotopic (exact) mass is 354 g/mol. The van der Waals surface area contributed by atoms with Gasteiger partial charge in [0, 0.05) is 12.4 Å². The van der Waals surface area contributed by atoms with E-state index in [1.807, 2.05) is 47.0 Å². The molecule has 0 aliphatic heterocycles. The number of nitrogens with zero attached hydrogens (tertiary/aromatic N) is 2. The largest absolute Gasteiger partial charge is 0.458 e. The van der Waals surface area contributed by atoms with E-state index in [4.69, 9.17) is 16.3 Å². The van der Waals surface area contributed by atoms with Gasteiger partial charge in [0.25, 0.3) is 0 Å². The van der Waals surface area contributed by atoms with E-state index < -0.39 is 5.41 Å². The molecule has 0 amide bonds. The zero-order valence-electron chi connectivity index (χ0n) is 13.8. The fourth-order valence-corrected chi connectivity index (χ4v) is 3.88. The van der Waals surface area contributed by atoms with Crippen LogP contribution in [0.3, 0.4) is 0 Å². The summed E-state index contributed by atoms with van der Waals surface area (Å²) in [6, 6.07) is 13.6. The third-order valence-electron chi connectivity index (χ3n) is 4.99. The Bertz CT molecular complexity index is 898. The van der Waals surface area contributed by atoms with Gasteiger partial charge in [-0.05, 0) is 30.5 Å². The van der Waals surface area contributed by atoms with Crippen molar-refractivity contribution in [1.29, 1.82) is 0 Å². The molecule has 0 unspecified atom stereocenters. The number of hydrogen-bond acceptors (Lipinski definition) is 3. The normalized spacial score (nSPS) is 16.2. The molecule has 128 valence electrons. The van der Waals surface area contributed by atoms with Gasteiger partial charge in [-0.25, -0.2) is 4.98 Å². The standard InChI is InChI=1S/C20H19ClN2O2/c21-16-8-9-18-22-17(13-23(18)12-16)14-25-19(24)20(10-4-5-11-20)15-6-2-1-3-7-15/h1-3,6-9,12-13H,4-5,10-11,14H2. The minimum atomic E-state index is -0.510. The molecule has 3 aromatic rings. The summed E-state index contributed by atoms with van der Waals surface area (Å²) in [7, 11) is 0. The SMILES string of the molecule is O=C(OCc1cn2cc(Cl)ccc2n1)C1(c2ccccc2)CCCC1. The van der Waals surface area contributed by atoms with E-state index in [1.54, 1.807) is 12.3 Å². The molecule has 1 aliphatic rings. The summed E-state index contributed by atoms with van der Waals surface area (Å²) in [5.41, 5.74) is 2.05. The fraction of sp³-hybridized carbons (Fsp3) is 0.300. The minimum Gasteiger partial charge on any atom is -0.458 e. The molecule has 0 spiro atoms. The van der Waals surface area contributed by atoms with Gasteiger partial charge in [0.05, 0.1) is 16.1 Å². The van der Waals surface area contributed by atoms with Crippen LogP contribution in [0.1, 0.15) is 36.9 Å². The number of aromatic nitrogens is 2. The van der Waals surface area contributed by atoms with Crippen LogP contribution in [-0.2, 0) is 21.6 Å². The quantitative estimate of drug-likeness (QED) is 0.646. The predicted molar refractivity (Wildman–Crippen MR) is 96.6 cm³/mol. The van der Waals surface area contributed by atoms with Crippen LogP contribution in [0.5, 0.6) is 0 Å². The minimum absolute atomic E-state index is 0.147. The van der Waals surface area contributed by atoms with Crippen molar-refractivity contribution in [3.8, 4) is 0 Å². The summed E-state index contributed by atoms with van der Waals surface area (Å²) in [4.78, 5) is 17.4. The van der Waals surface area contributed by atoms with Crippen LogP contribution >= 0.6 is 11.6 Å². The maximum absolute atomic E-state index is 12.9. The summed E-state index contributed by atoms with van der Waals surface area (Å²) >= 11 is 5.99. The van der Waals surface area contributed by atoms with Crippen LogP contribution in [0.4, 0.5) is 0 Å². The van der Waals surface area contributed by atoms with E-state index in [0.717, 1.165) is 42.6 Å². The third kappa shape index (κ3) is 3.02. The molecule has 1 saturated carbocycles. The highest BCUT2D eigenvalue weighted by molar-refractivity contribution is 6.30. The highest BCUT2D eigenvalue weighted by Gasteiger charge is 2.44. The molecule has 5 heteroatoms. The average molecular weight is 355 g/mol. The fourth-order valence-electron chi connectivity index (χ4n) is 3.71. The Kier molecular flexibility index (Phi) is 4.22. The van der Waals surface area contributed by atoms with Gasteiger partial charge < -0.3 is 9.14 Å². The summed E-state index contributed by atoms with van der Waals surface area (Å²) in [5, 5.41) is 0.641. The Balaban J connectivity index is 1.53. The zero-order chi connectivity index (χ0) is 17.3. The van der Waals surface area contributed by atoms with Crippen molar-refractivity contribution in [2.24, 2.45) is 0 Å². The van der Waals surface area contributed by atoms with E-state index in [1.165, 1.54) is 0 Å². The Morgan fingerprint density at radius 2 is 1.88 bits per heavy atom. The number of ether oxygens (including phenoxy) is 1. The Labute approximate surface area is 151 Å². The van der Waals surface area contributed by atoms with Crippen molar-refractivity contribution < 1.29 is 9.53 Å². The topological polar surface area (TPSA) is 43.6 Å². The van der Waals surface area contributed by atoms with E-state index in [2.05, 4.69) is 4.98 Å². The Morgan fingerprint density at radius 3 is 2.64 bits per heavy atom. The molecule has 4 nitrogen and oxygen atoms in total. The second kappa shape index (κ2) is 6.52. The van der Waals surface area contributed by atoms with Crippen LogP contribution in [-0.4, -0.2) is 15.4 Å². The van der Waals surface area contributed by atoms with Crippen LogP contribution in [0.25, 0.3) is 5.65 Å². The smallest absolute Gasteiger partial charge is 0.316 e. The van der Waals surface area contributed by atoms with Crippen molar-refractivity contribution in [2.45, 2.75) is 37.7 Å². The summed E-state index contributed by atoms with van der Waals surface area (Å²) in [6.45, 7) is 0.173. The van der Waals surface area contributed by atoms with E-state index >= 15 is 0 Å². The number of imidazole rings is 1. The second-order valence-electron chi connectivity index (χ2n) is 6.58. The third-order valence-corrected chi connectivity index (χ3v) is 5.21. The second-order valence-corrected chi connectivity index (χ2v) is 7.01. The number of fused-ring (bicyclic) bond motifs is 1. The van der Waals surface area contributed by atoms with Crippen molar-refractivity contribution in [1.82, 2.24) is 9.38 Å². The molecule has 0 saturated heterocycles. The summed E-state index contributed by atoms with van der Waals surface area (Å²) in [5.74, 6) is -0.147. The van der Waals surface area contributed by atoms with Crippen molar-refractivity contribution in [2.75, 3.05) is 0 Å². The van der Waals surface area contributed by atoms with Gasteiger partial charge in [-0.2, -0.15) is 0 Å². The Morgan fingerprint density at radius 1 is 1.12 bits per heavy atom. The van der Waals surface area contributed by atoms with E-state index in [9.17, 15) is 4.79 Å². The first kappa shape index (κ1) is 16.2. The molecule has 1 aliphatic carbocycles. The van der Waals surface area contributed by atoms with Gasteiger partial charge >= 0.3 is 5.97 Å². The van der Waals surface area contributed by atoms with Crippen LogP contribution in [0.2, 0.25) is 5.02 Å². The van der Waals surface area contributed by atoms with Gasteiger partial charge in [0.1, 0.15) is 12.3 Å². The van der Waals surface area contributed by atoms with Crippen molar-refractivity contribution in [3.05, 3.63) is 71.1 Å². The van der Waals surface area contributed by atoms with Gasteiger partial charge in [0.2, 0.25) is 0 Å². The predicted octanol–water partition coefficient (Wildman–Crippen LogP) is 4.54. The molecule has 1 aromatic carbocycles. The molecule has 2 aromatic heterocycles. The van der Waals surface area contributed by atoms with Crippen LogP contribution < -0.4 is 0 Å². The number of rotatable bonds is 4. The summed E-state index contributed by atoms with van der Waals surface area (Å²) < 4.78 is 7.52. The molecule has 25 heavy (non-hydrogen) atoms. The molecular weight excluding hydrogens is 336 g/mol. The van der Waals surface area contributed by atoms with Gasteiger partial charge in [-0.1, -0.05) is 54.8 Å². The van der Waals surface area contributed by atoms with Gasteiger partial charge in [-0.3, -0.25) is 4.79 Å². The first-order valence-corrected chi connectivity index (χ1v) is 8.91. The summed E-state index contributed by atoms with van der Waals surface area (Å²) in [6.07, 6.45) is 7.43. The molecule has 0 atom stereocenters. The van der Waals surface area contributed by atoms with E-state index in [-0.39, 0.29) is 12.6 Å². The lowest BCUT2D eigenvalue weighted by Crippen LogP contribution is -2.34.